The molecular formula is C23H25N7O. The van der Waals surface area contributed by atoms with E-state index in [0.717, 1.165) is 40.8 Å². The maximum Gasteiger partial charge on any atom is 0.277 e. The summed E-state index contributed by atoms with van der Waals surface area (Å²) in [6.07, 6.45) is 12.1. The van der Waals surface area contributed by atoms with Crippen molar-refractivity contribution in [3.05, 3.63) is 66.0 Å². The van der Waals surface area contributed by atoms with Crippen LogP contribution in [0, 0.1) is 0 Å². The van der Waals surface area contributed by atoms with Crippen LogP contribution < -0.4 is 5.32 Å². The van der Waals surface area contributed by atoms with Gasteiger partial charge in [-0.15, -0.1) is 0 Å². The SMILES string of the molecule is C=N/C=C(\C=C(/C)c1ccc2[nH]nc(C(=O)Nc3cnccn3)c2c1)N1CCCCC1. The normalized spacial score (nSPS) is 15.2. The fourth-order valence-electron chi connectivity index (χ4n) is 3.73. The fourth-order valence-corrected chi connectivity index (χ4v) is 3.73. The number of nitrogens with one attached hydrogen (secondary N) is 2. The Labute approximate surface area is 180 Å². The second-order valence-electron chi connectivity index (χ2n) is 7.49. The third-order valence-electron chi connectivity index (χ3n) is 5.35. The summed E-state index contributed by atoms with van der Waals surface area (Å²) < 4.78 is 0. The maximum absolute atomic E-state index is 12.7. The van der Waals surface area contributed by atoms with E-state index in [0.29, 0.717) is 11.5 Å². The quantitative estimate of drug-likeness (QED) is 0.468. The minimum absolute atomic E-state index is 0.315. The van der Waals surface area contributed by atoms with Gasteiger partial charge < -0.3 is 10.2 Å². The predicted molar refractivity (Wildman–Crippen MR) is 123 cm³/mol. The van der Waals surface area contributed by atoms with Crippen LogP contribution in [0.1, 0.15) is 42.2 Å². The number of hydrogen-bond donors (Lipinski definition) is 2. The Kier molecular flexibility index (Phi) is 6.16. The summed E-state index contributed by atoms with van der Waals surface area (Å²) in [5.74, 6) is 0.0411. The van der Waals surface area contributed by atoms with Crippen molar-refractivity contribution < 1.29 is 4.79 Å². The van der Waals surface area contributed by atoms with Crippen molar-refractivity contribution in [3.8, 4) is 0 Å². The Bertz CT molecular complexity index is 1140. The Hall–Kier alpha value is -3.81. The van der Waals surface area contributed by atoms with Gasteiger partial charge in [-0.3, -0.25) is 19.9 Å². The molecule has 2 aromatic heterocycles. The van der Waals surface area contributed by atoms with Crippen LogP contribution in [0.2, 0.25) is 0 Å². The number of carbonyl (C=O) groups excluding carboxylic acids is 1. The van der Waals surface area contributed by atoms with E-state index in [1.807, 2.05) is 24.4 Å². The van der Waals surface area contributed by atoms with E-state index >= 15 is 0 Å². The van der Waals surface area contributed by atoms with Gasteiger partial charge in [-0.25, -0.2) is 4.98 Å². The van der Waals surface area contributed by atoms with Crippen molar-refractivity contribution in [2.45, 2.75) is 26.2 Å². The van der Waals surface area contributed by atoms with E-state index in [2.05, 4.69) is 55.1 Å². The Morgan fingerprint density at radius 1 is 1.26 bits per heavy atom. The summed E-state index contributed by atoms with van der Waals surface area (Å²) in [5.41, 5.74) is 4.24. The topological polar surface area (TPSA) is 99.2 Å². The van der Waals surface area contributed by atoms with Gasteiger partial charge in [-0.2, -0.15) is 5.10 Å². The van der Waals surface area contributed by atoms with Crippen LogP contribution >= 0.6 is 0 Å². The summed E-state index contributed by atoms with van der Waals surface area (Å²) in [6, 6.07) is 5.93. The smallest absolute Gasteiger partial charge is 0.277 e. The van der Waals surface area contributed by atoms with Crippen LogP contribution in [-0.2, 0) is 0 Å². The lowest BCUT2D eigenvalue weighted by Gasteiger charge is -2.29. The van der Waals surface area contributed by atoms with Gasteiger partial charge in [0.05, 0.1) is 17.4 Å². The minimum atomic E-state index is -0.338. The van der Waals surface area contributed by atoms with Gasteiger partial charge in [0.15, 0.2) is 11.5 Å². The molecule has 1 saturated heterocycles. The highest BCUT2D eigenvalue weighted by Gasteiger charge is 2.16. The van der Waals surface area contributed by atoms with Crippen molar-refractivity contribution in [1.29, 1.82) is 0 Å². The molecule has 1 aromatic carbocycles. The van der Waals surface area contributed by atoms with Crippen LogP contribution in [-0.4, -0.2) is 50.8 Å². The Morgan fingerprint density at radius 2 is 2.10 bits per heavy atom. The van der Waals surface area contributed by atoms with Gasteiger partial charge in [0, 0.05) is 37.1 Å². The maximum atomic E-state index is 12.7. The monoisotopic (exact) mass is 415 g/mol. The molecule has 0 radical (unpaired) electrons. The first kappa shape index (κ1) is 20.5. The van der Waals surface area contributed by atoms with Gasteiger partial charge in [-0.1, -0.05) is 6.07 Å². The van der Waals surface area contributed by atoms with E-state index in [-0.39, 0.29) is 5.91 Å². The second kappa shape index (κ2) is 9.34. The molecule has 3 heterocycles. The van der Waals surface area contributed by atoms with Crippen molar-refractivity contribution in [1.82, 2.24) is 25.1 Å². The molecule has 0 saturated carbocycles. The number of aliphatic imine (C=N–C) groups is 1. The van der Waals surface area contributed by atoms with Crippen molar-refractivity contribution in [2.75, 3.05) is 18.4 Å². The zero-order chi connectivity index (χ0) is 21.6. The molecule has 1 aliphatic rings. The molecule has 8 nitrogen and oxygen atoms in total. The molecule has 1 aliphatic heterocycles. The standard InChI is InChI=1S/C23H25N7O/c1-16(12-18(14-24-2)30-10-4-3-5-11-30)17-6-7-20-19(13-17)22(29-28-20)23(31)27-21-15-25-8-9-26-21/h6-9,12-15H,2-5,10-11H2,1H3,(H,28,29)(H,26,27,31)/b16-12+,18-14+. The number of nitrogens with zero attached hydrogens (tertiary/aromatic N) is 5. The summed E-state index contributed by atoms with van der Waals surface area (Å²) in [6.45, 7) is 7.74. The Morgan fingerprint density at radius 3 is 2.84 bits per heavy atom. The molecule has 0 spiro atoms. The molecule has 0 bridgehead atoms. The number of aromatic nitrogens is 4. The lowest BCUT2D eigenvalue weighted by Crippen LogP contribution is -2.28. The van der Waals surface area contributed by atoms with E-state index in [1.165, 1.54) is 31.7 Å². The van der Waals surface area contributed by atoms with Crippen LogP contribution in [0.3, 0.4) is 0 Å². The number of likely N-dealkylation sites (tertiary alicyclic amines) is 1. The number of benzene rings is 1. The lowest BCUT2D eigenvalue weighted by atomic mass is 10.0. The van der Waals surface area contributed by atoms with Crippen LogP contribution in [0.4, 0.5) is 5.82 Å². The number of H-pyrrole nitrogens is 1. The van der Waals surface area contributed by atoms with Crippen molar-refractivity contribution >= 4 is 34.9 Å². The molecule has 4 rings (SSSR count). The molecule has 1 fully saturated rings. The van der Waals surface area contributed by atoms with E-state index in [1.54, 1.807) is 6.20 Å². The van der Waals surface area contributed by atoms with E-state index in [9.17, 15) is 4.79 Å². The number of anilines is 1. The zero-order valence-corrected chi connectivity index (χ0v) is 17.5. The van der Waals surface area contributed by atoms with Crippen LogP contribution in [0.25, 0.3) is 16.5 Å². The van der Waals surface area contributed by atoms with Crippen LogP contribution in [0.15, 0.2) is 59.8 Å². The third-order valence-corrected chi connectivity index (χ3v) is 5.35. The number of aromatic amines is 1. The highest BCUT2D eigenvalue weighted by atomic mass is 16.2. The summed E-state index contributed by atoms with van der Waals surface area (Å²) >= 11 is 0. The number of amides is 1. The first-order valence-corrected chi connectivity index (χ1v) is 10.3. The summed E-state index contributed by atoms with van der Waals surface area (Å²) in [7, 11) is 0. The number of rotatable bonds is 6. The number of carbonyl (C=O) groups is 1. The first-order chi connectivity index (χ1) is 15.2. The summed E-state index contributed by atoms with van der Waals surface area (Å²) in [5, 5.41) is 10.6. The van der Waals surface area contributed by atoms with Gasteiger partial charge in [0.25, 0.3) is 5.91 Å². The number of fused-ring (bicyclic) bond motifs is 1. The Balaban J connectivity index is 1.62. The van der Waals surface area contributed by atoms with Crippen molar-refractivity contribution in [2.24, 2.45) is 4.99 Å². The van der Waals surface area contributed by atoms with Gasteiger partial charge in [-0.05, 0) is 62.2 Å². The largest absolute Gasteiger partial charge is 0.370 e. The van der Waals surface area contributed by atoms with E-state index in [4.69, 9.17) is 0 Å². The molecule has 31 heavy (non-hydrogen) atoms. The molecule has 1 amide bonds. The average Bonchev–Trinajstić information content (AvgIpc) is 3.23. The lowest BCUT2D eigenvalue weighted by molar-refractivity contribution is 0.102. The molecule has 3 aromatic rings. The van der Waals surface area contributed by atoms with Crippen LogP contribution in [0.5, 0.6) is 0 Å². The van der Waals surface area contributed by atoms with Crippen molar-refractivity contribution in [3.63, 3.8) is 0 Å². The second-order valence-corrected chi connectivity index (χ2v) is 7.49. The predicted octanol–water partition coefficient (Wildman–Crippen LogP) is 4.04. The molecule has 0 aliphatic carbocycles. The highest BCUT2D eigenvalue weighted by Crippen LogP contribution is 2.25. The van der Waals surface area contributed by atoms with Gasteiger partial charge >= 0.3 is 0 Å². The van der Waals surface area contributed by atoms with Gasteiger partial charge in [0.2, 0.25) is 0 Å². The fraction of sp³-hybridized carbons (Fsp3) is 0.261. The molecule has 2 N–H and O–H groups in total. The third kappa shape index (κ3) is 4.69. The van der Waals surface area contributed by atoms with Gasteiger partial charge in [0.1, 0.15) is 0 Å². The number of allylic oxidation sites excluding steroid dienone is 2. The molecule has 0 unspecified atom stereocenters. The minimum Gasteiger partial charge on any atom is -0.370 e. The molecule has 158 valence electrons. The molecule has 8 heteroatoms. The number of piperidine rings is 1. The average molecular weight is 416 g/mol. The highest BCUT2D eigenvalue weighted by molar-refractivity contribution is 6.11. The van der Waals surface area contributed by atoms with E-state index < -0.39 is 0 Å². The summed E-state index contributed by atoms with van der Waals surface area (Å²) in [4.78, 5) is 27.1. The molecule has 0 atom stereocenters. The first-order valence-electron chi connectivity index (χ1n) is 10.3. The zero-order valence-electron chi connectivity index (χ0n) is 17.5. The number of hydrogen-bond acceptors (Lipinski definition) is 6. The molecular weight excluding hydrogens is 390 g/mol.